The standard InChI is InChI=1S/C25H31NO3/c1-19(27)11-12-20-13-15-23(16-14-20)29-18-25(28)26-24-10-6-5-9-22(24)17-21-7-3-2-4-8-21/h2-4,7-8,13-16,22,24H,5-6,9-12,17-18H2,1H3,(H,26,28). The monoisotopic (exact) mass is 393 g/mol. The predicted octanol–water partition coefficient (Wildman–Crippen LogP) is 4.50. The fourth-order valence-corrected chi connectivity index (χ4v) is 4.03. The van der Waals surface area contributed by atoms with E-state index in [1.54, 1.807) is 6.92 Å². The minimum Gasteiger partial charge on any atom is -0.484 e. The summed E-state index contributed by atoms with van der Waals surface area (Å²) in [5.74, 6) is 1.29. The molecular formula is C25H31NO3. The Morgan fingerprint density at radius 2 is 1.69 bits per heavy atom. The van der Waals surface area contributed by atoms with Crippen LogP contribution in [0.2, 0.25) is 0 Å². The summed E-state index contributed by atoms with van der Waals surface area (Å²) in [6, 6.07) is 18.4. The Morgan fingerprint density at radius 1 is 0.966 bits per heavy atom. The van der Waals surface area contributed by atoms with Gasteiger partial charge in [-0.2, -0.15) is 0 Å². The zero-order valence-corrected chi connectivity index (χ0v) is 17.2. The van der Waals surface area contributed by atoms with Gasteiger partial charge in [0.25, 0.3) is 5.91 Å². The Labute approximate surface area is 173 Å². The molecule has 154 valence electrons. The summed E-state index contributed by atoms with van der Waals surface area (Å²) in [7, 11) is 0. The normalized spacial score (nSPS) is 18.8. The highest BCUT2D eigenvalue weighted by Crippen LogP contribution is 2.27. The summed E-state index contributed by atoms with van der Waals surface area (Å²) < 4.78 is 5.66. The highest BCUT2D eigenvalue weighted by Gasteiger charge is 2.26. The second-order valence-electron chi connectivity index (χ2n) is 8.04. The summed E-state index contributed by atoms with van der Waals surface area (Å²) in [4.78, 5) is 23.5. The summed E-state index contributed by atoms with van der Waals surface area (Å²) in [5.41, 5.74) is 2.43. The van der Waals surface area contributed by atoms with E-state index in [0.29, 0.717) is 18.1 Å². The third kappa shape index (κ3) is 7.04. The molecule has 4 nitrogen and oxygen atoms in total. The van der Waals surface area contributed by atoms with Gasteiger partial charge in [0.2, 0.25) is 0 Å². The van der Waals surface area contributed by atoms with Crippen LogP contribution >= 0.6 is 0 Å². The molecule has 0 aliphatic heterocycles. The number of benzene rings is 2. The lowest BCUT2D eigenvalue weighted by molar-refractivity contribution is -0.124. The van der Waals surface area contributed by atoms with E-state index in [4.69, 9.17) is 4.74 Å². The van der Waals surface area contributed by atoms with Crippen molar-refractivity contribution >= 4 is 11.7 Å². The third-order valence-corrected chi connectivity index (χ3v) is 5.66. The van der Waals surface area contributed by atoms with Gasteiger partial charge in [0, 0.05) is 12.5 Å². The third-order valence-electron chi connectivity index (χ3n) is 5.66. The lowest BCUT2D eigenvalue weighted by Crippen LogP contribution is -2.44. The molecule has 1 aliphatic rings. The van der Waals surface area contributed by atoms with E-state index >= 15 is 0 Å². The van der Waals surface area contributed by atoms with Crippen LogP contribution in [0.25, 0.3) is 0 Å². The molecule has 2 aromatic carbocycles. The van der Waals surface area contributed by atoms with Crippen molar-refractivity contribution in [2.24, 2.45) is 5.92 Å². The number of hydrogen-bond donors (Lipinski definition) is 1. The molecule has 0 saturated heterocycles. The van der Waals surface area contributed by atoms with Gasteiger partial charge in [-0.05, 0) is 61.8 Å². The van der Waals surface area contributed by atoms with Crippen LogP contribution < -0.4 is 10.1 Å². The van der Waals surface area contributed by atoms with Crippen LogP contribution in [0.15, 0.2) is 54.6 Å². The number of hydrogen-bond acceptors (Lipinski definition) is 3. The summed E-state index contributed by atoms with van der Waals surface area (Å²) >= 11 is 0. The first kappa shape index (κ1) is 21.1. The van der Waals surface area contributed by atoms with Crippen LogP contribution in [0.1, 0.15) is 50.2 Å². The first-order chi connectivity index (χ1) is 14.1. The number of rotatable bonds is 9. The fourth-order valence-electron chi connectivity index (χ4n) is 4.03. The largest absolute Gasteiger partial charge is 0.484 e. The number of carbonyl (C=O) groups excluding carboxylic acids is 2. The molecule has 2 unspecified atom stereocenters. The van der Waals surface area contributed by atoms with E-state index in [-0.39, 0.29) is 24.3 Å². The maximum absolute atomic E-state index is 12.5. The van der Waals surface area contributed by atoms with E-state index in [9.17, 15) is 9.59 Å². The Bertz CT molecular complexity index is 785. The van der Waals surface area contributed by atoms with Crippen LogP contribution in [0.4, 0.5) is 0 Å². The molecule has 2 atom stereocenters. The zero-order chi connectivity index (χ0) is 20.5. The SMILES string of the molecule is CC(=O)CCc1ccc(OCC(=O)NC2CCCCC2Cc2ccccc2)cc1. The lowest BCUT2D eigenvalue weighted by Gasteiger charge is -2.32. The van der Waals surface area contributed by atoms with Gasteiger partial charge in [0.05, 0.1) is 0 Å². The maximum atomic E-state index is 12.5. The molecule has 4 heteroatoms. The molecule has 1 saturated carbocycles. The topological polar surface area (TPSA) is 55.4 Å². The van der Waals surface area contributed by atoms with Crippen molar-refractivity contribution in [3.05, 3.63) is 65.7 Å². The number of ether oxygens (including phenoxy) is 1. The van der Waals surface area contributed by atoms with E-state index in [1.807, 2.05) is 30.3 Å². The number of nitrogens with one attached hydrogen (secondary N) is 1. The molecule has 1 amide bonds. The highest BCUT2D eigenvalue weighted by molar-refractivity contribution is 5.78. The molecule has 1 N–H and O–H groups in total. The van der Waals surface area contributed by atoms with E-state index in [0.717, 1.165) is 31.2 Å². The van der Waals surface area contributed by atoms with Gasteiger partial charge < -0.3 is 14.8 Å². The van der Waals surface area contributed by atoms with Crippen LogP contribution in [-0.2, 0) is 22.4 Å². The summed E-state index contributed by atoms with van der Waals surface area (Å²) in [6.45, 7) is 1.63. The first-order valence-electron chi connectivity index (χ1n) is 10.6. The molecule has 0 aromatic heterocycles. The molecule has 29 heavy (non-hydrogen) atoms. The maximum Gasteiger partial charge on any atom is 0.258 e. The number of aryl methyl sites for hydroxylation is 1. The van der Waals surface area contributed by atoms with Crippen LogP contribution in [0, 0.1) is 5.92 Å². The number of carbonyl (C=O) groups is 2. The summed E-state index contributed by atoms with van der Waals surface area (Å²) in [5, 5.41) is 3.20. The van der Waals surface area contributed by atoms with Gasteiger partial charge in [-0.1, -0.05) is 55.3 Å². The van der Waals surface area contributed by atoms with Gasteiger partial charge in [-0.25, -0.2) is 0 Å². The van der Waals surface area contributed by atoms with Crippen molar-refractivity contribution in [3.8, 4) is 5.75 Å². The molecule has 3 rings (SSSR count). The number of ketones is 1. The molecule has 0 radical (unpaired) electrons. The van der Waals surface area contributed by atoms with Crippen LogP contribution in [0.3, 0.4) is 0 Å². The Morgan fingerprint density at radius 3 is 2.41 bits per heavy atom. The zero-order valence-electron chi connectivity index (χ0n) is 17.2. The molecule has 1 aliphatic carbocycles. The molecule has 2 aromatic rings. The van der Waals surface area contributed by atoms with Crippen molar-refractivity contribution in [1.29, 1.82) is 0 Å². The van der Waals surface area contributed by atoms with Gasteiger partial charge in [0.15, 0.2) is 6.61 Å². The van der Waals surface area contributed by atoms with Crippen molar-refractivity contribution in [2.75, 3.05) is 6.61 Å². The smallest absolute Gasteiger partial charge is 0.258 e. The predicted molar refractivity (Wildman–Crippen MR) is 115 cm³/mol. The first-order valence-corrected chi connectivity index (χ1v) is 10.6. The van der Waals surface area contributed by atoms with Crippen LogP contribution in [0.5, 0.6) is 5.75 Å². The van der Waals surface area contributed by atoms with Gasteiger partial charge in [0.1, 0.15) is 11.5 Å². The van der Waals surface area contributed by atoms with Gasteiger partial charge >= 0.3 is 0 Å². The molecular weight excluding hydrogens is 362 g/mol. The van der Waals surface area contributed by atoms with E-state index in [1.165, 1.54) is 18.4 Å². The average Bonchev–Trinajstić information content (AvgIpc) is 2.73. The number of amides is 1. The minimum atomic E-state index is -0.0596. The minimum absolute atomic E-state index is 0.0291. The summed E-state index contributed by atoms with van der Waals surface area (Å²) in [6.07, 6.45) is 6.88. The van der Waals surface area contributed by atoms with E-state index < -0.39 is 0 Å². The van der Waals surface area contributed by atoms with E-state index in [2.05, 4.69) is 29.6 Å². The second-order valence-corrected chi connectivity index (χ2v) is 8.04. The molecule has 0 heterocycles. The van der Waals surface area contributed by atoms with Gasteiger partial charge in [-0.3, -0.25) is 4.79 Å². The Hall–Kier alpha value is -2.62. The van der Waals surface area contributed by atoms with Crippen molar-refractivity contribution < 1.29 is 14.3 Å². The van der Waals surface area contributed by atoms with Crippen molar-refractivity contribution in [3.63, 3.8) is 0 Å². The molecule has 1 fully saturated rings. The van der Waals surface area contributed by atoms with Crippen molar-refractivity contribution in [1.82, 2.24) is 5.32 Å². The van der Waals surface area contributed by atoms with Crippen LogP contribution in [-0.4, -0.2) is 24.3 Å². The average molecular weight is 394 g/mol. The Balaban J connectivity index is 1.46. The van der Waals surface area contributed by atoms with Gasteiger partial charge in [-0.15, -0.1) is 0 Å². The fraction of sp³-hybridized carbons (Fsp3) is 0.440. The number of Topliss-reactive ketones (excluding diaryl/α,β-unsaturated/α-hetero) is 1. The highest BCUT2D eigenvalue weighted by atomic mass is 16.5. The van der Waals surface area contributed by atoms with Crippen molar-refractivity contribution in [2.45, 2.75) is 57.9 Å². The second kappa shape index (κ2) is 10.8. The molecule has 0 bridgehead atoms. The Kier molecular flexibility index (Phi) is 7.85. The quantitative estimate of drug-likeness (QED) is 0.682. The molecule has 0 spiro atoms. The lowest BCUT2D eigenvalue weighted by atomic mass is 9.80.